The van der Waals surface area contributed by atoms with Gasteiger partial charge in [0, 0.05) is 129 Å². The third-order valence-corrected chi connectivity index (χ3v) is 27.9. The van der Waals surface area contributed by atoms with Gasteiger partial charge in [0.25, 0.3) is 25.8 Å². The SMILES string of the molecule is Cc1ccc2c(c1)C(C)(C)C(=CC=C1CCCC(C=CC3=[N+](CCCCS(=O)(=O)O)c4ccccc4C3(C)C)=C1Oc1ccc(CCC(=O)NCCN3C(=O)CC(SCC(CC(=O)CCOCCOCCOCCOCCOCCOCCCC(=O)CCc4cccc(-c5c(C)n(Cc6c(F)cccc6F)c(=O)n(C[C@H](N)c6ccccc6)c5=O)c4)C(=O)O)C3=O)cc1)N2CCCCS(=O)(=O)O. The van der Waals surface area contributed by atoms with Gasteiger partial charge in [-0.2, -0.15) is 21.4 Å². The van der Waals surface area contributed by atoms with Crippen LogP contribution in [0.4, 0.5) is 20.2 Å². The number of carboxylic acid groups (broad SMARTS) is 1. The Morgan fingerprint density at radius 1 is 0.620 bits per heavy atom. The van der Waals surface area contributed by atoms with E-state index in [1.807, 2.05) is 48.5 Å². The third-order valence-electron chi connectivity index (χ3n) is 25.0. The molecule has 11 rings (SSSR count). The lowest BCUT2D eigenvalue weighted by molar-refractivity contribution is -0.438. The molecular weight excluding hydrogens is 1820 g/mol. The Balaban J connectivity index is 0.538. The van der Waals surface area contributed by atoms with Gasteiger partial charge in [0.15, 0.2) is 5.71 Å². The number of nitrogens with two attached hydrogens (primary N) is 1. The van der Waals surface area contributed by atoms with Crippen LogP contribution in [-0.4, -0.2) is 219 Å². The number of para-hydroxylation sites is 1. The molecule has 3 aliphatic heterocycles. The number of nitrogens with zero attached hydrogens (tertiary/aromatic N) is 5. The van der Waals surface area contributed by atoms with Gasteiger partial charge in [0.05, 0.1) is 119 Å². The molecular formula is C103H128F2N7O22S3+. The van der Waals surface area contributed by atoms with Crippen LogP contribution in [-0.2, 0) is 114 Å². The van der Waals surface area contributed by atoms with Crippen molar-refractivity contribution in [2.75, 3.05) is 128 Å². The normalized spacial score (nSPS) is 16.4. The summed E-state index contributed by atoms with van der Waals surface area (Å²) in [5.74, 6) is -5.07. The highest BCUT2D eigenvalue weighted by Gasteiger charge is 2.45. The molecule has 29 nitrogen and oxygen atoms in total. The molecule has 1 saturated heterocycles. The number of allylic oxidation sites excluding steroid dienone is 7. The van der Waals surface area contributed by atoms with Crippen molar-refractivity contribution in [2.45, 2.75) is 179 Å². The number of Topliss-reactive ketones (excluding diaryl/α,β-unsaturated/α-hetero) is 2. The van der Waals surface area contributed by atoms with E-state index in [-0.39, 0.29) is 143 Å². The highest BCUT2D eigenvalue weighted by atomic mass is 32.2. The third kappa shape index (κ3) is 30.9. The number of nitrogens with one attached hydrogen (secondary N) is 1. The van der Waals surface area contributed by atoms with Gasteiger partial charge >= 0.3 is 11.7 Å². The summed E-state index contributed by atoms with van der Waals surface area (Å²) < 4.78 is 141. The number of hydrogen-bond acceptors (Lipinski definition) is 22. The first-order chi connectivity index (χ1) is 65.6. The van der Waals surface area contributed by atoms with Gasteiger partial charge in [-0.3, -0.25) is 56.7 Å². The fourth-order valence-electron chi connectivity index (χ4n) is 17.4. The Kier molecular flexibility index (Phi) is 40.0. The number of aryl methyl sites for hydroxylation is 3. The van der Waals surface area contributed by atoms with Gasteiger partial charge < -0.3 is 54.2 Å². The molecule has 0 saturated carbocycles. The Morgan fingerprint density at radius 2 is 1.25 bits per heavy atom. The molecule has 0 bridgehead atoms. The van der Waals surface area contributed by atoms with Crippen molar-refractivity contribution in [1.82, 2.24) is 19.4 Å². The molecule has 6 aromatic carbocycles. The molecule has 0 spiro atoms. The number of anilines is 1. The number of carbonyl (C=O) groups is 6. The molecule has 4 heterocycles. The van der Waals surface area contributed by atoms with Crippen LogP contribution in [0.2, 0.25) is 0 Å². The second-order valence-electron chi connectivity index (χ2n) is 35.8. The number of unbranched alkanes of at least 4 members (excludes halogenated alkanes) is 2. The monoisotopic (exact) mass is 1950 g/mol. The van der Waals surface area contributed by atoms with Gasteiger partial charge in [-0.05, 0) is 167 Å². The maximum Gasteiger partial charge on any atom is 0.331 e. The van der Waals surface area contributed by atoms with Crippen LogP contribution in [0, 0.1) is 31.4 Å². The standard InChI is InChI=1S/C103H127F2N7O22S3/c1-71-31-41-90-85(64-71)103(5,6)93(109(90)48-13-15-63-137(125,126)127)43-37-77-24-17-23-76(36-42-92-102(3,4)84-27-10-11-30-89(84)108(92)47-12-14-62-136(122,123)124)97(77)134-82-39-33-73(34-40-82)35-44-94(115)107-46-49-110-95(116)67-91(98(110)117)135-70-79(100(119)120)66-81(114)45-51-129-53-55-131-57-59-133-61-60-132-58-56-130-54-52-128-50-19-26-80(113)38-32-74-20-16-25-78(65-74)96-72(2)111(68-83-86(104)28-18-29-87(83)105)101(121)112(99(96)118)69-88(106)75-21-8-7-9-22-75/h7-11,16,18,20-22,25,27-31,33-34,36-37,39-43,64-65,79,88,91H,12-15,17,19,23-24,26,32,35,38,44-63,66-70,106H2,1-6H3,(H3-,107,115,119,120,122,123,124,125,126,127)/p+1/t79?,88-,91?/m0/s1. The number of amides is 3. The van der Waals surface area contributed by atoms with Gasteiger partial charge in [0.2, 0.25) is 23.4 Å². The molecule has 738 valence electrons. The first-order valence-electron chi connectivity index (χ1n) is 46.8. The van der Waals surface area contributed by atoms with Crippen molar-refractivity contribution in [2.24, 2.45) is 11.7 Å². The smallest absolute Gasteiger partial charge is 0.331 e. The Hall–Kier alpha value is -10.6. The summed E-state index contributed by atoms with van der Waals surface area (Å²) in [6, 6.07) is 40.8. The Morgan fingerprint density at radius 3 is 1.91 bits per heavy atom. The molecule has 3 amide bonds. The van der Waals surface area contributed by atoms with E-state index < -0.39 is 95.5 Å². The average molecular weight is 1950 g/mol. The molecule has 3 atom stereocenters. The van der Waals surface area contributed by atoms with Crippen LogP contribution in [0.15, 0.2) is 196 Å². The molecule has 4 aliphatic rings. The van der Waals surface area contributed by atoms with Crippen molar-refractivity contribution in [1.29, 1.82) is 0 Å². The van der Waals surface area contributed by atoms with Crippen LogP contribution < -0.4 is 31.9 Å². The lowest BCUT2D eigenvalue weighted by Crippen LogP contribution is -2.44. The van der Waals surface area contributed by atoms with E-state index in [4.69, 9.17) is 38.9 Å². The first-order valence-corrected chi connectivity index (χ1v) is 51.1. The van der Waals surface area contributed by atoms with E-state index in [1.54, 1.807) is 49.4 Å². The molecule has 6 N–H and O–H groups in total. The highest BCUT2D eigenvalue weighted by Crippen LogP contribution is 2.49. The lowest BCUT2D eigenvalue weighted by Gasteiger charge is -2.27. The fraction of sp³-hybridized carbons (Fsp3) is 0.466. The minimum Gasteiger partial charge on any atom is -0.481 e. The number of rotatable bonds is 58. The van der Waals surface area contributed by atoms with Crippen molar-refractivity contribution in [3.63, 3.8) is 0 Å². The molecule has 137 heavy (non-hydrogen) atoms. The molecule has 0 radical (unpaired) electrons. The summed E-state index contributed by atoms with van der Waals surface area (Å²) in [6.07, 6.45) is 13.7. The summed E-state index contributed by atoms with van der Waals surface area (Å²) in [7, 11) is -8.27. The van der Waals surface area contributed by atoms with E-state index in [2.05, 4.69) is 104 Å². The number of hydrogen-bond donors (Lipinski definition) is 5. The van der Waals surface area contributed by atoms with Crippen LogP contribution in [0.1, 0.15) is 168 Å². The number of imide groups is 1. The van der Waals surface area contributed by atoms with Crippen molar-refractivity contribution < 1.29 is 106 Å². The summed E-state index contributed by atoms with van der Waals surface area (Å²) >= 11 is 1.01. The van der Waals surface area contributed by atoms with E-state index in [0.29, 0.717) is 140 Å². The first kappa shape index (κ1) is 107. The number of aliphatic carboxylic acids is 1. The molecule has 2 unspecified atom stereocenters. The number of aromatic nitrogens is 2. The number of thioether (sulfide) groups is 1. The van der Waals surface area contributed by atoms with Crippen molar-refractivity contribution >= 4 is 84.3 Å². The van der Waals surface area contributed by atoms with Gasteiger partial charge in [-0.15, -0.1) is 11.8 Å². The van der Waals surface area contributed by atoms with Crippen molar-refractivity contribution in [3.8, 4) is 16.9 Å². The second kappa shape index (κ2) is 51.4. The maximum absolute atomic E-state index is 15.0. The summed E-state index contributed by atoms with van der Waals surface area (Å²) in [4.78, 5) is 110. The topological polar surface area (TPSA) is 388 Å². The second-order valence-corrected chi connectivity index (χ2v) is 40.1. The summed E-state index contributed by atoms with van der Waals surface area (Å²) in [6.45, 7) is 16.0. The van der Waals surface area contributed by atoms with Crippen molar-refractivity contribution in [3.05, 3.63) is 264 Å². The average Bonchev–Trinajstić information content (AvgIpc) is 1.50. The fourth-order valence-corrected chi connectivity index (χ4v) is 19.8. The van der Waals surface area contributed by atoms with Crippen LogP contribution >= 0.6 is 11.8 Å². The number of carbonyl (C=O) groups excluding carboxylic acids is 5. The lowest BCUT2D eigenvalue weighted by atomic mass is 9.81. The van der Waals surface area contributed by atoms with E-state index in [9.17, 15) is 78.2 Å². The minimum absolute atomic E-state index is 0.00166. The number of carboxylic acids is 1. The van der Waals surface area contributed by atoms with Gasteiger partial charge in [-0.1, -0.05) is 129 Å². The Labute approximate surface area is 804 Å². The predicted molar refractivity (Wildman–Crippen MR) is 521 cm³/mol. The summed E-state index contributed by atoms with van der Waals surface area (Å²) in [5, 5.41) is 12.0. The number of fused-ring (bicyclic) bond motifs is 2. The molecule has 1 fully saturated rings. The van der Waals surface area contributed by atoms with E-state index in [0.717, 1.165) is 102 Å². The zero-order valence-corrected chi connectivity index (χ0v) is 81.3. The highest BCUT2D eigenvalue weighted by molar-refractivity contribution is 8.00. The number of likely N-dealkylation sites (tertiary alicyclic amines) is 1. The largest absolute Gasteiger partial charge is 0.481 e. The van der Waals surface area contributed by atoms with Gasteiger partial charge in [-0.25, -0.2) is 13.6 Å². The number of ether oxygens (including phenoxy) is 7. The molecule has 34 heteroatoms. The van der Waals surface area contributed by atoms with Gasteiger partial charge in [0.1, 0.15) is 41.3 Å². The minimum atomic E-state index is -4.14. The Bertz CT molecular complexity index is 5910. The zero-order valence-electron chi connectivity index (χ0n) is 78.9. The number of benzene rings is 6. The maximum atomic E-state index is 15.0. The van der Waals surface area contributed by atoms with E-state index >= 15 is 0 Å². The van der Waals surface area contributed by atoms with Crippen LogP contribution in [0.3, 0.4) is 0 Å². The van der Waals surface area contributed by atoms with Crippen LogP contribution in [0.5, 0.6) is 5.75 Å². The zero-order chi connectivity index (χ0) is 98.4. The summed E-state index contributed by atoms with van der Waals surface area (Å²) in [5.41, 5.74) is 16.5. The molecule has 7 aromatic rings. The molecule has 1 aliphatic carbocycles. The van der Waals surface area contributed by atoms with E-state index in [1.165, 1.54) is 10.6 Å². The van der Waals surface area contributed by atoms with Crippen LogP contribution in [0.25, 0.3) is 11.1 Å². The predicted octanol–water partition coefficient (Wildman–Crippen LogP) is 13.8. The number of halogens is 2. The molecule has 1 aromatic heterocycles. The quantitative estimate of drug-likeness (QED) is 0.0102. The number of ketones is 2.